The molecule has 188 valence electrons. The highest BCUT2D eigenvalue weighted by Crippen LogP contribution is 2.37. The predicted molar refractivity (Wildman–Crippen MR) is 124 cm³/mol. The highest BCUT2D eigenvalue weighted by Gasteiger charge is 2.48. The smallest absolute Gasteiger partial charge is 0.396 e. The molecule has 35 heavy (non-hydrogen) atoms. The van der Waals surface area contributed by atoms with E-state index < -0.39 is 41.8 Å². The van der Waals surface area contributed by atoms with Crippen LogP contribution in [-0.4, -0.2) is 41.0 Å². The van der Waals surface area contributed by atoms with Crippen molar-refractivity contribution < 1.29 is 27.5 Å². The Bertz CT molecular complexity index is 1070. The first-order chi connectivity index (χ1) is 16.4. The Morgan fingerprint density at radius 3 is 2.26 bits per heavy atom. The van der Waals surface area contributed by atoms with Crippen LogP contribution < -0.4 is 10.6 Å². The maximum atomic E-state index is 14.4. The fourth-order valence-electron chi connectivity index (χ4n) is 4.00. The van der Waals surface area contributed by atoms with Crippen molar-refractivity contribution >= 4 is 5.91 Å². The van der Waals surface area contributed by atoms with E-state index in [4.69, 9.17) is 0 Å². The maximum absolute atomic E-state index is 14.4. The molecular formula is C26H29F4N3O2. The van der Waals surface area contributed by atoms with E-state index in [0.29, 0.717) is 24.8 Å². The van der Waals surface area contributed by atoms with Crippen molar-refractivity contribution in [3.8, 4) is 17.2 Å². The van der Waals surface area contributed by atoms with Crippen LogP contribution in [0.3, 0.4) is 0 Å². The summed E-state index contributed by atoms with van der Waals surface area (Å²) in [6, 6.07) is 11.3. The summed E-state index contributed by atoms with van der Waals surface area (Å²) in [5.74, 6) is -0.835. The van der Waals surface area contributed by atoms with Crippen molar-refractivity contribution in [1.29, 1.82) is 5.26 Å². The van der Waals surface area contributed by atoms with Crippen molar-refractivity contribution in [3.05, 3.63) is 59.7 Å². The van der Waals surface area contributed by atoms with Gasteiger partial charge in [0.2, 0.25) is 5.91 Å². The molecule has 0 bridgehead atoms. The topological polar surface area (TPSA) is 85.2 Å². The maximum Gasteiger partial charge on any atom is 0.407 e. The van der Waals surface area contributed by atoms with Crippen LogP contribution in [-0.2, 0) is 11.2 Å². The van der Waals surface area contributed by atoms with Crippen LogP contribution in [0.5, 0.6) is 0 Å². The number of aliphatic hydroxyl groups is 1. The molecule has 1 aliphatic rings. The number of alkyl halides is 4. The molecule has 1 amide bonds. The Kier molecular flexibility index (Phi) is 7.87. The molecule has 1 unspecified atom stereocenters. The van der Waals surface area contributed by atoms with Gasteiger partial charge in [0, 0.05) is 13.0 Å². The molecule has 9 heteroatoms. The predicted octanol–water partition coefficient (Wildman–Crippen LogP) is 4.76. The van der Waals surface area contributed by atoms with E-state index in [9.17, 15) is 32.7 Å². The molecule has 0 aromatic heterocycles. The minimum absolute atomic E-state index is 0.0589. The standard InChI is InChI=1S/C26H29F4N3O2/c1-24(2,27)15-21(23(35)33-25(16-31)12-13-25)32-22(26(28,29)30)19-9-7-18(8-10-19)20-6-4-3-5-17(20)11-14-34/h3-10,21-22,32,34H,11-15H2,1-2H3,(H,33,35)/t21?,22-/m0/s1. The first-order valence-corrected chi connectivity index (χ1v) is 11.4. The average molecular weight is 492 g/mol. The Balaban J connectivity index is 1.88. The lowest BCUT2D eigenvalue weighted by Crippen LogP contribution is -2.53. The molecule has 2 aromatic carbocycles. The number of nitrogens with zero attached hydrogens (tertiary/aromatic N) is 1. The molecule has 3 rings (SSSR count). The van der Waals surface area contributed by atoms with Crippen molar-refractivity contribution in [2.75, 3.05) is 6.61 Å². The molecule has 2 atom stereocenters. The summed E-state index contributed by atoms with van der Waals surface area (Å²) in [6.45, 7) is 2.32. The van der Waals surface area contributed by atoms with Crippen LogP contribution in [0.15, 0.2) is 48.5 Å². The van der Waals surface area contributed by atoms with Crippen LogP contribution in [0.25, 0.3) is 11.1 Å². The van der Waals surface area contributed by atoms with Crippen LogP contribution >= 0.6 is 0 Å². The molecule has 5 nitrogen and oxygen atoms in total. The number of nitrogens with one attached hydrogen (secondary N) is 2. The molecule has 0 heterocycles. The SMILES string of the molecule is CC(C)(F)CC(N[C@@H](c1ccc(-c2ccccc2CCO)cc1)C(F)(F)F)C(=O)NC1(C#N)CC1. The van der Waals surface area contributed by atoms with Crippen molar-refractivity contribution in [3.63, 3.8) is 0 Å². The molecule has 0 aliphatic heterocycles. The number of amides is 1. The summed E-state index contributed by atoms with van der Waals surface area (Å²) in [4.78, 5) is 12.8. The number of nitriles is 1. The lowest BCUT2D eigenvalue weighted by atomic mass is 9.94. The van der Waals surface area contributed by atoms with Gasteiger partial charge in [0.25, 0.3) is 0 Å². The summed E-state index contributed by atoms with van der Waals surface area (Å²) >= 11 is 0. The second kappa shape index (κ2) is 10.3. The van der Waals surface area contributed by atoms with Gasteiger partial charge in [-0.1, -0.05) is 48.5 Å². The summed E-state index contributed by atoms with van der Waals surface area (Å²) in [5.41, 5.74) is -0.794. The molecule has 1 saturated carbocycles. The number of hydrogen-bond donors (Lipinski definition) is 3. The van der Waals surface area contributed by atoms with E-state index >= 15 is 0 Å². The molecule has 0 radical (unpaired) electrons. The van der Waals surface area contributed by atoms with Gasteiger partial charge in [-0.25, -0.2) is 4.39 Å². The largest absolute Gasteiger partial charge is 0.407 e. The Labute approximate surface area is 202 Å². The van der Waals surface area contributed by atoms with Gasteiger partial charge in [0.15, 0.2) is 0 Å². The second-order valence-electron chi connectivity index (χ2n) is 9.55. The van der Waals surface area contributed by atoms with Crippen LogP contribution in [0.1, 0.15) is 50.3 Å². The average Bonchev–Trinajstić information content (AvgIpc) is 3.55. The van der Waals surface area contributed by atoms with Crippen molar-refractivity contribution in [2.45, 2.75) is 69.0 Å². The van der Waals surface area contributed by atoms with E-state index in [-0.39, 0.29) is 12.2 Å². The van der Waals surface area contributed by atoms with Crippen molar-refractivity contribution in [1.82, 2.24) is 10.6 Å². The number of aliphatic hydroxyl groups excluding tert-OH is 1. The van der Waals surface area contributed by atoms with Gasteiger partial charge in [-0.05, 0) is 55.4 Å². The number of halogens is 4. The molecule has 1 fully saturated rings. The van der Waals surface area contributed by atoms with Crippen molar-refractivity contribution in [2.24, 2.45) is 0 Å². The first kappa shape index (κ1) is 26.6. The molecule has 1 aliphatic carbocycles. The quantitative estimate of drug-likeness (QED) is 0.419. The Morgan fingerprint density at radius 2 is 1.74 bits per heavy atom. The lowest BCUT2D eigenvalue weighted by molar-refractivity contribution is -0.161. The molecule has 0 saturated heterocycles. The lowest BCUT2D eigenvalue weighted by Gasteiger charge is -2.30. The minimum atomic E-state index is -4.76. The zero-order chi connectivity index (χ0) is 25.9. The highest BCUT2D eigenvalue weighted by molar-refractivity contribution is 5.83. The van der Waals surface area contributed by atoms with Crippen LogP contribution in [0, 0.1) is 11.3 Å². The highest BCUT2D eigenvalue weighted by atomic mass is 19.4. The Morgan fingerprint density at radius 1 is 1.11 bits per heavy atom. The number of hydrogen-bond acceptors (Lipinski definition) is 4. The van der Waals surface area contributed by atoms with Gasteiger partial charge in [-0.2, -0.15) is 18.4 Å². The zero-order valence-corrected chi connectivity index (χ0v) is 19.6. The molecule has 3 N–H and O–H groups in total. The third-order valence-electron chi connectivity index (χ3n) is 5.98. The fraction of sp³-hybridized carbons (Fsp3) is 0.462. The normalized spacial score (nSPS) is 16.7. The number of benzene rings is 2. The number of carbonyl (C=O) groups is 1. The van der Waals surface area contributed by atoms with E-state index in [1.165, 1.54) is 26.0 Å². The summed E-state index contributed by atoms with van der Waals surface area (Å²) in [5, 5.41) is 23.3. The first-order valence-electron chi connectivity index (χ1n) is 11.4. The summed E-state index contributed by atoms with van der Waals surface area (Å²) < 4.78 is 56.7. The van der Waals surface area contributed by atoms with Gasteiger partial charge in [0.1, 0.15) is 17.2 Å². The second-order valence-corrected chi connectivity index (χ2v) is 9.55. The number of rotatable bonds is 10. The van der Waals surface area contributed by atoms with Gasteiger partial charge < -0.3 is 10.4 Å². The van der Waals surface area contributed by atoms with E-state index in [1.54, 1.807) is 18.2 Å². The van der Waals surface area contributed by atoms with Gasteiger partial charge in [-0.15, -0.1) is 0 Å². The van der Waals surface area contributed by atoms with Gasteiger partial charge in [0.05, 0.1) is 12.1 Å². The zero-order valence-electron chi connectivity index (χ0n) is 19.6. The monoisotopic (exact) mass is 491 g/mol. The van der Waals surface area contributed by atoms with E-state index in [2.05, 4.69) is 10.6 Å². The van der Waals surface area contributed by atoms with Gasteiger partial charge >= 0.3 is 6.18 Å². The fourth-order valence-corrected chi connectivity index (χ4v) is 4.00. The van der Waals surface area contributed by atoms with E-state index in [1.807, 2.05) is 24.3 Å². The Hall–Kier alpha value is -2.96. The molecular weight excluding hydrogens is 462 g/mol. The van der Waals surface area contributed by atoms with E-state index in [0.717, 1.165) is 11.1 Å². The summed E-state index contributed by atoms with van der Waals surface area (Å²) in [7, 11) is 0. The minimum Gasteiger partial charge on any atom is -0.396 e. The third-order valence-corrected chi connectivity index (χ3v) is 5.98. The van der Waals surface area contributed by atoms with Crippen LogP contribution in [0.4, 0.5) is 17.6 Å². The molecule has 0 spiro atoms. The third kappa shape index (κ3) is 7.03. The van der Waals surface area contributed by atoms with Gasteiger partial charge in [-0.3, -0.25) is 10.1 Å². The summed E-state index contributed by atoms with van der Waals surface area (Å²) in [6.07, 6.45) is -4.04. The molecule has 2 aromatic rings. The van der Waals surface area contributed by atoms with Crippen LogP contribution in [0.2, 0.25) is 0 Å². The number of carbonyl (C=O) groups excluding carboxylic acids is 1.